The van der Waals surface area contributed by atoms with Crippen molar-refractivity contribution >= 4 is 5.91 Å². The van der Waals surface area contributed by atoms with Crippen molar-refractivity contribution in [2.45, 2.75) is 31.8 Å². The Kier molecular flexibility index (Phi) is 4.53. The Balaban J connectivity index is 1.93. The van der Waals surface area contributed by atoms with Gasteiger partial charge in [-0.3, -0.25) is 4.79 Å². The first-order valence-electron chi connectivity index (χ1n) is 6.68. The lowest BCUT2D eigenvalue weighted by molar-refractivity contribution is -0.133. The van der Waals surface area contributed by atoms with Gasteiger partial charge in [0.25, 0.3) is 0 Å². The molecule has 0 bridgehead atoms. The second-order valence-electron chi connectivity index (χ2n) is 5.01. The zero-order valence-electron chi connectivity index (χ0n) is 11.2. The van der Waals surface area contributed by atoms with Crippen LogP contribution in [-0.2, 0) is 11.3 Å². The van der Waals surface area contributed by atoms with Gasteiger partial charge in [-0.15, -0.1) is 0 Å². The molecule has 2 rings (SSSR count). The highest BCUT2D eigenvalue weighted by molar-refractivity contribution is 5.81. The summed E-state index contributed by atoms with van der Waals surface area (Å²) in [6.45, 7) is 1.52. The fraction of sp³-hybridized carbons (Fsp3) is 0.467. The van der Waals surface area contributed by atoms with Crippen LogP contribution in [0, 0.1) is 11.3 Å². The number of amides is 1. The van der Waals surface area contributed by atoms with Gasteiger partial charge in [-0.25, -0.2) is 0 Å². The summed E-state index contributed by atoms with van der Waals surface area (Å²) in [6.07, 6.45) is 3.20. The fourth-order valence-corrected chi connectivity index (χ4v) is 2.37. The summed E-state index contributed by atoms with van der Waals surface area (Å²) in [4.78, 5) is 14.0. The lowest BCUT2D eigenvalue weighted by Gasteiger charge is -2.27. The van der Waals surface area contributed by atoms with E-state index < -0.39 is 0 Å². The van der Waals surface area contributed by atoms with Gasteiger partial charge in [0.05, 0.1) is 17.7 Å². The molecule has 0 radical (unpaired) electrons. The first-order valence-corrected chi connectivity index (χ1v) is 6.68. The smallest absolute Gasteiger partial charge is 0.239 e. The van der Waals surface area contributed by atoms with E-state index in [1.807, 2.05) is 19.2 Å². The molecule has 1 aromatic carbocycles. The van der Waals surface area contributed by atoms with E-state index in [4.69, 9.17) is 5.26 Å². The zero-order chi connectivity index (χ0) is 13.7. The average Bonchev–Trinajstić information content (AvgIpc) is 2.48. The average molecular weight is 257 g/mol. The van der Waals surface area contributed by atoms with Crippen molar-refractivity contribution in [3.8, 4) is 6.07 Å². The van der Waals surface area contributed by atoms with E-state index in [0.717, 1.165) is 31.4 Å². The second-order valence-corrected chi connectivity index (χ2v) is 5.01. The molecule has 1 aromatic rings. The molecule has 100 valence electrons. The van der Waals surface area contributed by atoms with Crippen LogP contribution in [0.15, 0.2) is 24.3 Å². The Morgan fingerprint density at radius 2 is 2.16 bits per heavy atom. The minimum absolute atomic E-state index is 0.0304. The maximum absolute atomic E-state index is 12.2. The fourth-order valence-electron chi connectivity index (χ4n) is 2.37. The molecule has 1 saturated heterocycles. The Morgan fingerprint density at radius 1 is 1.42 bits per heavy atom. The highest BCUT2D eigenvalue weighted by Gasteiger charge is 2.23. The number of piperidine rings is 1. The Morgan fingerprint density at radius 3 is 2.74 bits per heavy atom. The minimum Gasteiger partial charge on any atom is -0.340 e. The van der Waals surface area contributed by atoms with E-state index >= 15 is 0 Å². The van der Waals surface area contributed by atoms with Crippen molar-refractivity contribution in [2.24, 2.45) is 0 Å². The van der Waals surface area contributed by atoms with E-state index in [1.165, 1.54) is 0 Å². The maximum atomic E-state index is 12.2. The number of nitriles is 1. The number of rotatable bonds is 3. The van der Waals surface area contributed by atoms with Gasteiger partial charge >= 0.3 is 0 Å². The van der Waals surface area contributed by atoms with E-state index in [1.54, 1.807) is 17.0 Å². The topological polar surface area (TPSA) is 56.1 Å². The van der Waals surface area contributed by atoms with Gasteiger partial charge in [-0.2, -0.15) is 5.26 Å². The van der Waals surface area contributed by atoms with Crippen LogP contribution in [0.2, 0.25) is 0 Å². The predicted molar refractivity (Wildman–Crippen MR) is 73.3 cm³/mol. The van der Waals surface area contributed by atoms with Crippen LogP contribution in [-0.4, -0.2) is 30.4 Å². The van der Waals surface area contributed by atoms with E-state index in [9.17, 15) is 4.79 Å². The Bertz CT molecular complexity index is 469. The SMILES string of the molecule is CN(Cc1ccc(C#N)cc1)C(=O)C1CCCCN1. The molecule has 4 heteroatoms. The maximum Gasteiger partial charge on any atom is 0.239 e. The molecule has 1 amide bonds. The molecule has 1 fully saturated rings. The van der Waals surface area contributed by atoms with Gasteiger partial charge in [0.2, 0.25) is 5.91 Å². The number of benzene rings is 1. The van der Waals surface area contributed by atoms with Crippen LogP contribution < -0.4 is 5.32 Å². The molecule has 0 aromatic heterocycles. The van der Waals surface area contributed by atoms with Crippen molar-refractivity contribution in [1.82, 2.24) is 10.2 Å². The van der Waals surface area contributed by atoms with Crippen LogP contribution in [0.3, 0.4) is 0 Å². The summed E-state index contributed by atoms with van der Waals surface area (Å²) in [6, 6.07) is 9.43. The minimum atomic E-state index is -0.0304. The lowest BCUT2D eigenvalue weighted by Crippen LogP contribution is -2.46. The second kappa shape index (κ2) is 6.35. The molecule has 1 heterocycles. The number of hydrogen-bond acceptors (Lipinski definition) is 3. The molecular weight excluding hydrogens is 238 g/mol. The van der Waals surface area contributed by atoms with Gasteiger partial charge in [-0.1, -0.05) is 18.6 Å². The molecule has 1 N–H and O–H groups in total. The van der Waals surface area contributed by atoms with Crippen LogP contribution in [0.4, 0.5) is 0 Å². The first kappa shape index (κ1) is 13.6. The van der Waals surface area contributed by atoms with Gasteiger partial charge in [0, 0.05) is 13.6 Å². The third-order valence-corrected chi connectivity index (χ3v) is 3.49. The molecule has 4 nitrogen and oxygen atoms in total. The van der Waals surface area contributed by atoms with Crippen molar-refractivity contribution in [2.75, 3.05) is 13.6 Å². The van der Waals surface area contributed by atoms with Crippen molar-refractivity contribution in [3.05, 3.63) is 35.4 Å². The summed E-state index contributed by atoms with van der Waals surface area (Å²) in [7, 11) is 1.83. The number of likely N-dealkylation sites (N-methyl/N-ethyl adjacent to an activating group) is 1. The summed E-state index contributed by atoms with van der Waals surface area (Å²) in [5, 5.41) is 12.0. The molecule has 0 spiro atoms. The standard InChI is InChI=1S/C15H19N3O/c1-18(15(19)14-4-2-3-9-17-14)11-13-7-5-12(10-16)6-8-13/h5-8,14,17H,2-4,9,11H2,1H3. The summed E-state index contributed by atoms with van der Waals surface area (Å²) in [5.41, 5.74) is 1.69. The summed E-state index contributed by atoms with van der Waals surface area (Å²) < 4.78 is 0. The Hall–Kier alpha value is -1.86. The summed E-state index contributed by atoms with van der Waals surface area (Å²) >= 11 is 0. The van der Waals surface area contributed by atoms with Gasteiger partial charge in [0.1, 0.15) is 0 Å². The molecule has 1 aliphatic heterocycles. The van der Waals surface area contributed by atoms with Crippen LogP contribution in [0.5, 0.6) is 0 Å². The number of hydrogen-bond donors (Lipinski definition) is 1. The number of carbonyl (C=O) groups excluding carboxylic acids is 1. The summed E-state index contributed by atoms with van der Waals surface area (Å²) in [5.74, 6) is 0.157. The monoisotopic (exact) mass is 257 g/mol. The molecule has 1 unspecified atom stereocenters. The van der Waals surface area contributed by atoms with Crippen LogP contribution in [0.1, 0.15) is 30.4 Å². The highest BCUT2D eigenvalue weighted by Crippen LogP contribution is 2.12. The predicted octanol–water partition coefficient (Wildman–Crippen LogP) is 1.66. The normalized spacial score (nSPS) is 18.6. The van der Waals surface area contributed by atoms with Gasteiger partial charge < -0.3 is 10.2 Å². The van der Waals surface area contributed by atoms with Gasteiger partial charge in [0.15, 0.2) is 0 Å². The van der Waals surface area contributed by atoms with Crippen LogP contribution >= 0.6 is 0 Å². The first-order chi connectivity index (χ1) is 9.20. The zero-order valence-corrected chi connectivity index (χ0v) is 11.2. The van der Waals surface area contributed by atoms with E-state index in [2.05, 4.69) is 11.4 Å². The van der Waals surface area contributed by atoms with Crippen molar-refractivity contribution < 1.29 is 4.79 Å². The molecule has 0 aliphatic carbocycles. The Labute approximate surface area is 114 Å². The molecule has 1 atom stereocenters. The number of nitrogens with one attached hydrogen (secondary N) is 1. The molecule has 0 saturated carbocycles. The molecule has 19 heavy (non-hydrogen) atoms. The number of carbonyl (C=O) groups is 1. The number of nitrogens with zero attached hydrogens (tertiary/aromatic N) is 2. The third-order valence-electron chi connectivity index (χ3n) is 3.49. The van der Waals surface area contributed by atoms with Crippen molar-refractivity contribution in [3.63, 3.8) is 0 Å². The molecule has 1 aliphatic rings. The van der Waals surface area contributed by atoms with E-state index in [-0.39, 0.29) is 11.9 Å². The third kappa shape index (κ3) is 3.55. The van der Waals surface area contributed by atoms with Crippen LogP contribution in [0.25, 0.3) is 0 Å². The van der Waals surface area contributed by atoms with Crippen molar-refractivity contribution in [1.29, 1.82) is 5.26 Å². The van der Waals surface area contributed by atoms with E-state index in [0.29, 0.717) is 12.1 Å². The molecular formula is C15H19N3O. The highest BCUT2D eigenvalue weighted by atomic mass is 16.2. The van der Waals surface area contributed by atoms with Gasteiger partial charge in [-0.05, 0) is 37.1 Å². The largest absolute Gasteiger partial charge is 0.340 e. The lowest BCUT2D eigenvalue weighted by atomic mass is 10.0. The quantitative estimate of drug-likeness (QED) is 0.896.